The number of ether oxygens (including phenoxy) is 3. The number of hydrogen-bond acceptors (Lipinski definition) is 4. The van der Waals surface area contributed by atoms with Gasteiger partial charge in [-0.2, -0.15) is 0 Å². The Labute approximate surface area is 120 Å². The Morgan fingerprint density at radius 1 is 1.15 bits per heavy atom. The Kier molecular flexibility index (Phi) is 2.34. The second kappa shape index (κ2) is 3.58. The van der Waals surface area contributed by atoms with E-state index in [4.69, 9.17) is 14.2 Å². The van der Waals surface area contributed by atoms with Gasteiger partial charge in [0.2, 0.25) is 6.29 Å². The van der Waals surface area contributed by atoms with Crippen LogP contribution in [0.3, 0.4) is 0 Å². The molecular weight excluding hydrogens is 256 g/mol. The molecule has 0 amide bonds. The van der Waals surface area contributed by atoms with E-state index >= 15 is 0 Å². The molecule has 3 heterocycles. The molecule has 4 heteroatoms. The first-order valence-electron chi connectivity index (χ1n) is 7.89. The highest BCUT2D eigenvalue weighted by atomic mass is 16.8. The normalized spacial score (nSPS) is 56.1. The van der Waals surface area contributed by atoms with Crippen molar-refractivity contribution in [3.63, 3.8) is 0 Å². The third kappa shape index (κ3) is 1.32. The lowest BCUT2D eigenvalue weighted by Crippen LogP contribution is -2.68. The fourth-order valence-corrected chi connectivity index (χ4v) is 5.28. The molecule has 1 spiro atoms. The fourth-order valence-electron chi connectivity index (χ4n) is 5.28. The average Bonchev–Trinajstić information content (AvgIpc) is 2.56. The van der Waals surface area contributed by atoms with Gasteiger partial charge in [0.15, 0.2) is 5.79 Å². The van der Waals surface area contributed by atoms with Crippen LogP contribution in [0.5, 0.6) is 0 Å². The fraction of sp³-hybridized carbons (Fsp3) is 0.938. The van der Waals surface area contributed by atoms with Gasteiger partial charge in [-0.05, 0) is 51.9 Å². The Bertz CT molecular complexity index is 473. The van der Waals surface area contributed by atoms with E-state index in [0.717, 1.165) is 19.3 Å². The minimum atomic E-state index is -0.572. The molecule has 3 aliphatic heterocycles. The Morgan fingerprint density at radius 3 is 2.65 bits per heavy atom. The predicted octanol–water partition coefficient (Wildman–Crippen LogP) is 2.85. The summed E-state index contributed by atoms with van der Waals surface area (Å²) in [5.74, 6) is 0.537. The van der Waals surface area contributed by atoms with Gasteiger partial charge in [-0.15, -0.1) is 0 Å². The van der Waals surface area contributed by atoms with E-state index in [1.165, 1.54) is 6.42 Å². The maximum Gasteiger partial charge on any atom is 0.314 e. The maximum absolute atomic E-state index is 12.4. The van der Waals surface area contributed by atoms with Crippen LogP contribution in [0.2, 0.25) is 0 Å². The smallest absolute Gasteiger partial charge is 0.314 e. The molecule has 20 heavy (non-hydrogen) atoms. The first kappa shape index (κ1) is 13.1. The second-order valence-electron chi connectivity index (χ2n) is 7.92. The molecule has 6 atom stereocenters. The summed E-state index contributed by atoms with van der Waals surface area (Å²) >= 11 is 0. The van der Waals surface area contributed by atoms with Gasteiger partial charge in [-0.1, -0.05) is 6.92 Å². The molecule has 0 aromatic carbocycles. The number of rotatable bonds is 0. The van der Waals surface area contributed by atoms with Crippen LogP contribution in [-0.2, 0) is 19.0 Å². The highest BCUT2D eigenvalue weighted by molar-refractivity contribution is 5.78. The van der Waals surface area contributed by atoms with E-state index in [1.807, 2.05) is 20.8 Å². The lowest BCUT2D eigenvalue weighted by molar-refractivity contribution is -0.275. The van der Waals surface area contributed by atoms with Gasteiger partial charge in [-0.3, -0.25) is 4.79 Å². The zero-order valence-electron chi connectivity index (χ0n) is 12.8. The van der Waals surface area contributed by atoms with E-state index in [2.05, 4.69) is 6.92 Å². The van der Waals surface area contributed by atoms with Gasteiger partial charge in [0.1, 0.15) is 5.60 Å². The van der Waals surface area contributed by atoms with Gasteiger partial charge in [-0.25, -0.2) is 0 Å². The number of esters is 1. The summed E-state index contributed by atoms with van der Waals surface area (Å²) in [5, 5.41) is 0. The molecule has 1 aliphatic carbocycles. The van der Waals surface area contributed by atoms with Crippen molar-refractivity contribution in [3.05, 3.63) is 0 Å². The van der Waals surface area contributed by atoms with Crippen molar-refractivity contribution in [2.45, 2.75) is 71.1 Å². The molecule has 3 saturated heterocycles. The summed E-state index contributed by atoms with van der Waals surface area (Å²) in [6, 6.07) is 0. The Balaban J connectivity index is 1.87. The van der Waals surface area contributed by atoms with Gasteiger partial charge in [0.05, 0.1) is 5.41 Å². The van der Waals surface area contributed by atoms with Crippen LogP contribution < -0.4 is 0 Å². The molecule has 4 fully saturated rings. The van der Waals surface area contributed by atoms with Crippen molar-refractivity contribution in [2.75, 3.05) is 0 Å². The summed E-state index contributed by atoms with van der Waals surface area (Å²) in [6.07, 6.45) is 3.69. The topological polar surface area (TPSA) is 44.8 Å². The quantitative estimate of drug-likeness (QED) is 0.640. The Hall–Kier alpha value is -0.610. The second-order valence-corrected chi connectivity index (χ2v) is 7.92. The summed E-state index contributed by atoms with van der Waals surface area (Å²) in [6.45, 7) is 8.31. The summed E-state index contributed by atoms with van der Waals surface area (Å²) in [5.41, 5.74) is -0.900. The van der Waals surface area contributed by atoms with Crippen molar-refractivity contribution >= 4 is 5.97 Å². The molecule has 0 N–H and O–H groups in total. The monoisotopic (exact) mass is 280 g/mol. The molecular formula is C16H24O4. The van der Waals surface area contributed by atoms with Crippen molar-refractivity contribution in [3.8, 4) is 0 Å². The van der Waals surface area contributed by atoms with Crippen molar-refractivity contribution < 1.29 is 19.0 Å². The van der Waals surface area contributed by atoms with E-state index in [1.54, 1.807) is 0 Å². The van der Waals surface area contributed by atoms with Crippen LogP contribution in [0.15, 0.2) is 0 Å². The zero-order chi connectivity index (χ0) is 14.3. The van der Waals surface area contributed by atoms with Crippen LogP contribution in [0.4, 0.5) is 0 Å². The van der Waals surface area contributed by atoms with Gasteiger partial charge >= 0.3 is 5.97 Å². The van der Waals surface area contributed by atoms with Crippen LogP contribution in [-0.4, -0.2) is 23.6 Å². The van der Waals surface area contributed by atoms with Crippen molar-refractivity contribution in [1.29, 1.82) is 0 Å². The number of carbonyl (C=O) groups excluding carboxylic acids is 1. The standard InChI is InChI=1S/C16H24O4/c1-9-5-6-11-14(2,3)12(17)18-13-16(11)10(9)7-8-15(4,19-13)20-16/h9-11,13H,5-8H2,1-4H3/t9-,10+,11+,13-,15-,16-/m1/s1. The van der Waals surface area contributed by atoms with Crippen LogP contribution >= 0.6 is 0 Å². The largest absolute Gasteiger partial charge is 0.432 e. The molecule has 4 rings (SSSR count). The molecule has 0 radical (unpaired) electrons. The van der Waals surface area contributed by atoms with Crippen LogP contribution in [0, 0.1) is 23.2 Å². The minimum Gasteiger partial charge on any atom is -0.432 e. The zero-order valence-corrected chi connectivity index (χ0v) is 12.8. The Morgan fingerprint density at radius 2 is 1.90 bits per heavy atom. The van der Waals surface area contributed by atoms with Gasteiger partial charge in [0, 0.05) is 12.3 Å². The predicted molar refractivity (Wildman–Crippen MR) is 71.6 cm³/mol. The lowest BCUT2D eigenvalue weighted by Gasteiger charge is -2.58. The third-order valence-corrected chi connectivity index (χ3v) is 6.36. The molecule has 0 aromatic heterocycles. The van der Waals surface area contributed by atoms with Crippen molar-refractivity contribution in [2.24, 2.45) is 23.2 Å². The number of hydrogen-bond donors (Lipinski definition) is 0. The SMILES string of the molecule is C[C@@H]1CC[C@H]2C(C)(C)C(=O)O[C@@H]3O[C@@]4(C)CC[C@@H]1[C@]32O4. The first-order valence-corrected chi connectivity index (χ1v) is 7.89. The molecule has 0 aromatic rings. The lowest BCUT2D eigenvalue weighted by atomic mass is 9.53. The summed E-state index contributed by atoms with van der Waals surface area (Å²) in [4.78, 5) is 12.4. The van der Waals surface area contributed by atoms with Gasteiger partial charge < -0.3 is 14.2 Å². The minimum absolute atomic E-state index is 0.133. The molecule has 1 saturated carbocycles. The number of fused-ring (bicyclic) bond motifs is 1. The van der Waals surface area contributed by atoms with E-state index < -0.39 is 23.1 Å². The van der Waals surface area contributed by atoms with E-state index in [-0.39, 0.29) is 11.9 Å². The molecule has 2 bridgehead atoms. The maximum atomic E-state index is 12.4. The average molecular weight is 280 g/mol. The summed E-state index contributed by atoms with van der Waals surface area (Å²) in [7, 11) is 0. The molecule has 0 unspecified atom stereocenters. The third-order valence-electron chi connectivity index (χ3n) is 6.36. The van der Waals surface area contributed by atoms with Gasteiger partial charge in [0.25, 0.3) is 0 Å². The molecule has 112 valence electrons. The van der Waals surface area contributed by atoms with E-state index in [0.29, 0.717) is 11.8 Å². The summed E-state index contributed by atoms with van der Waals surface area (Å²) < 4.78 is 18.2. The van der Waals surface area contributed by atoms with Crippen LogP contribution in [0.25, 0.3) is 0 Å². The van der Waals surface area contributed by atoms with Crippen molar-refractivity contribution in [1.82, 2.24) is 0 Å². The number of carbonyl (C=O) groups is 1. The first-order chi connectivity index (χ1) is 9.30. The molecule has 4 aliphatic rings. The highest BCUT2D eigenvalue weighted by Crippen LogP contribution is 2.65. The van der Waals surface area contributed by atoms with E-state index in [9.17, 15) is 4.79 Å². The molecule has 4 nitrogen and oxygen atoms in total. The highest BCUT2D eigenvalue weighted by Gasteiger charge is 2.74. The van der Waals surface area contributed by atoms with Crippen LogP contribution in [0.1, 0.15) is 53.4 Å².